The van der Waals surface area contributed by atoms with E-state index >= 15 is 0 Å². The van der Waals surface area contributed by atoms with Gasteiger partial charge < -0.3 is 5.11 Å². The van der Waals surface area contributed by atoms with Crippen molar-refractivity contribution >= 4 is 22.2 Å². The highest BCUT2D eigenvalue weighted by atomic mass is 79.9. The summed E-state index contributed by atoms with van der Waals surface area (Å²) in [6.45, 7) is 4.06. The van der Waals surface area contributed by atoms with Gasteiger partial charge in [0, 0.05) is 4.47 Å². The molecule has 0 aromatic heterocycles. The Morgan fingerprint density at radius 2 is 2.08 bits per heavy atom. The second-order valence-corrected chi connectivity index (χ2v) is 4.06. The Labute approximate surface area is 85.7 Å². The van der Waals surface area contributed by atoms with E-state index in [2.05, 4.69) is 15.9 Å². The molecule has 0 amide bonds. The van der Waals surface area contributed by atoms with Crippen LogP contribution in [0.25, 0.3) is 0 Å². The summed E-state index contributed by atoms with van der Waals surface area (Å²) in [4.78, 5) is 10.5. The summed E-state index contributed by atoms with van der Waals surface area (Å²) in [5.74, 6) is 0.364. The Kier molecular flexibility index (Phi) is 3.09. The third-order valence-electron chi connectivity index (χ3n) is 1.89. The highest BCUT2D eigenvalue weighted by Gasteiger charge is 2.09. The van der Waals surface area contributed by atoms with Crippen LogP contribution in [0.15, 0.2) is 16.6 Å². The molecule has 13 heavy (non-hydrogen) atoms. The van der Waals surface area contributed by atoms with E-state index in [-0.39, 0.29) is 5.75 Å². The average Bonchev–Trinajstić information content (AvgIpc) is 2.07. The van der Waals surface area contributed by atoms with Crippen LogP contribution in [0.3, 0.4) is 0 Å². The number of hydrogen-bond acceptors (Lipinski definition) is 2. The van der Waals surface area contributed by atoms with Gasteiger partial charge in [0.05, 0.1) is 5.56 Å². The van der Waals surface area contributed by atoms with Crippen molar-refractivity contribution < 1.29 is 9.90 Å². The third-order valence-corrected chi connectivity index (χ3v) is 2.58. The van der Waals surface area contributed by atoms with Crippen molar-refractivity contribution in [1.82, 2.24) is 0 Å². The Bertz CT molecular complexity index is 332. The number of carbonyl (C=O) groups excluding carboxylic acids is 1. The fourth-order valence-electron chi connectivity index (χ4n) is 1.13. The molecule has 70 valence electrons. The third kappa shape index (κ3) is 2.10. The van der Waals surface area contributed by atoms with Gasteiger partial charge in [-0.3, -0.25) is 4.79 Å². The SMILES string of the molecule is CC(C)c1cc(O)c(C=O)cc1Br. The molecule has 1 rings (SSSR count). The Morgan fingerprint density at radius 1 is 1.46 bits per heavy atom. The molecule has 0 spiro atoms. The summed E-state index contributed by atoms with van der Waals surface area (Å²) in [6, 6.07) is 3.26. The number of phenols is 1. The molecule has 1 aromatic rings. The zero-order chi connectivity index (χ0) is 10.0. The molecule has 0 radical (unpaired) electrons. The van der Waals surface area contributed by atoms with Crippen molar-refractivity contribution in [3.63, 3.8) is 0 Å². The number of hydrogen-bond donors (Lipinski definition) is 1. The van der Waals surface area contributed by atoms with Crippen LogP contribution >= 0.6 is 15.9 Å². The zero-order valence-electron chi connectivity index (χ0n) is 7.54. The van der Waals surface area contributed by atoms with E-state index in [9.17, 15) is 9.90 Å². The van der Waals surface area contributed by atoms with Gasteiger partial charge in [0.1, 0.15) is 5.75 Å². The van der Waals surface area contributed by atoms with E-state index in [1.165, 1.54) is 0 Å². The predicted octanol–water partition coefficient (Wildman–Crippen LogP) is 3.09. The lowest BCUT2D eigenvalue weighted by atomic mass is 10.0. The Morgan fingerprint density at radius 3 is 2.54 bits per heavy atom. The van der Waals surface area contributed by atoms with Gasteiger partial charge in [-0.15, -0.1) is 0 Å². The molecule has 0 saturated heterocycles. The van der Waals surface area contributed by atoms with E-state index in [1.807, 2.05) is 13.8 Å². The molecule has 0 atom stereocenters. The normalized spacial score (nSPS) is 10.5. The van der Waals surface area contributed by atoms with Crippen LogP contribution in [0, 0.1) is 0 Å². The first-order valence-electron chi connectivity index (χ1n) is 4.04. The molecule has 0 saturated carbocycles. The van der Waals surface area contributed by atoms with Crippen LogP contribution in [0.1, 0.15) is 35.7 Å². The highest BCUT2D eigenvalue weighted by Crippen LogP contribution is 2.30. The van der Waals surface area contributed by atoms with Crippen molar-refractivity contribution in [2.45, 2.75) is 19.8 Å². The second kappa shape index (κ2) is 3.92. The number of phenolic OH excluding ortho intramolecular Hbond substituents is 1. The van der Waals surface area contributed by atoms with Crippen LogP contribution in [0.2, 0.25) is 0 Å². The molecule has 0 aliphatic carbocycles. The Balaban J connectivity index is 3.28. The van der Waals surface area contributed by atoms with Crippen molar-refractivity contribution in [3.8, 4) is 5.75 Å². The van der Waals surface area contributed by atoms with Gasteiger partial charge in [0.25, 0.3) is 0 Å². The minimum atomic E-state index is 0.0434. The Hall–Kier alpha value is -0.830. The van der Waals surface area contributed by atoms with Gasteiger partial charge in [-0.25, -0.2) is 0 Å². The van der Waals surface area contributed by atoms with E-state index in [4.69, 9.17) is 0 Å². The largest absolute Gasteiger partial charge is 0.507 e. The zero-order valence-corrected chi connectivity index (χ0v) is 9.13. The lowest BCUT2D eigenvalue weighted by molar-refractivity contribution is 0.112. The highest BCUT2D eigenvalue weighted by molar-refractivity contribution is 9.10. The minimum absolute atomic E-state index is 0.0434. The smallest absolute Gasteiger partial charge is 0.153 e. The molecule has 1 N–H and O–H groups in total. The van der Waals surface area contributed by atoms with E-state index in [1.54, 1.807) is 12.1 Å². The van der Waals surface area contributed by atoms with E-state index < -0.39 is 0 Å². The van der Waals surface area contributed by atoms with Gasteiger partial charge in [-0.2, -0.15) is 0 Å². The van der Waals surface area contributed by atoms with Crippen LogP contribution in [-0.4, -0.2) is 11.4 Å². The van der Waals surface area contributed by atoms with Crippen LogP contribution in [-0.2, 0) is 0 Å². The topological polar surface area (TPSA) is 37.3 Å². The average molecular weight is 243 g/mol. The quantitative estimate of drug-likeness (QED) is 0.810. The van der Waals surface area contributed by atoms with Crippen LogP contribution in [0.5, 0.6) is 5.75 Å². The number of halogens is 1. The molecule has 0 bridgehead atoms. The van der Waals surface area contributed by atoms with Gasteiger partial charge in [-0.05, 0) is 23.6 Å². The molecule has 3 heteroatoms. The lowest BCUT2D eigenvalue weighted by Gasteiger charge is -2.09. The van der Waals surface area contributed by atoms with Crippen molar-refractivity contribution in [1.29, 1.82) is 0 Å². The summed E-state index contributed by atoms with van der Waals surface area (Å²) < 4.78 is 0.863. The minimum Gasteiger partial charge on any atom is -0.507 e. The van der Waals surface area contributed by atoms with Gasteiger partial charge in [0.2, 0.25) is 0 Å². The summed E-state index contributed by atoms with van der Waals surface area (Å²) in [6.07, 6.45) is 0.643. The molecular weight excluding hydrogens is 232 g/mol. The van der Waals surface area contributed by atoms with E-state index in [0.717, 1.165) is 10.0 Å². The number of aldehydes is 1. The summed E-state index contributed by atoms with van der Waals surface area (Å²) in [5, 5.41) is 9.41. The van der Waals surface area contributed by atoms with Crippen molar-refractivity contribution in [2.75, 3.05) is 0 Å². The van der Waals surface area contributed by atoms with E-state index in [0.29, 0.717) is 17.8 Å². The van der Waals surface area contributed by atoms with Gasteiger partial charge >= 0.3 is 0 Å². The molecular formula is C10H11BrO2. The molecule has 1 aromatic carbocycles. The standard InChI is InChI=1S/C10H11BrO2/c1-6(2)8-4-10(13)7(5-12)3-9(8)11/h3-6,13H,1-2H3. The molecule has 0 unspecified atom stereocenters. The molecule has 2 nitrogen and oxygen atoms in total. The summed E-state index contributed by atoms with van der Waals surface area (Å²) in [7, 11) is 0. The van der Waals surface area contributed by atoms with Gasteiger partial charge in [-0.1, -0.05) is 29.8 Å². The summed E-state index contributed by atoms with van der Waals surface area (Å²) in [5.41, 5.74) is 1.32. The molecule has 0 aliphatic heterocycles. The first-order chi connectivity index (χ1) is 6.06. The molecule has 0 aliphatic rings. The summed E-state index contributed by atoms with van der Waals surface area (Å²) >= 11 is 3.35. The van der Waals surface area contributed by atoms with Gasteiger partial charge in [0.15, 0.2) is 6.29 Å². The first kappa shape index (κ1) is 10.3. The van der Waals surface area contributed by atoms with Crippen LogP contribution in [0.4, 0.5) is 0 Å². The fourth-order valence-corrected chi connectivity index (χ4v) is 1.95. The fraction of sp³-hybridized carbons (Fsp3) is 0.300. The number of rotatable bonds is 2. The van der Waals surface area contributed by atoms with Crippen molar-refractivity contribution in [3.05, 3.63) is 27.7 Å². The molecule has 0 fully saturated rings. The lowest BCUT2D eigenvalue weighted by Crippen LogP contribution is -1.91. The monoisotopic (exact) mass is 242 g/mol. The second-order valence-electron chi connectivity index (χ2n) is 3.21. The number of benzene rings is 1. The first-order valence-corrected chi connectivity index (χ1v) is 4.83. The maximum atomic E-state index is 10.5. The maximum Gasteiger partial charge on any atom is 0.153 e. The van der Waals surface area contributed by atoms with Crippen LogP contribution < -0.4 is 0 Å². The number of aromatic hydroxyl groups is 1. The predicted molar refractivity (Wildman–Crippen MR) is 55.3 cm³/mol. The molecule has 0 heterocycles. The number of carbonyl (C=O) groups is 1. The maximum absolute atomic E-state index is 10.5. The van der Waals surface area contributed by atoms with Crippen molar-refractivity contribution in [2.24, 2.45) is 0 Å².